The van der Waals surface area contributed by atoms with E-state index in [0.717, 1.165) is 31.2 Å². The standard InChI is InChI=1S/C34H42O9/c1-21-6-14-28-22(2)31(40-32-34(28)27(21)16-17-33(3,41-32)42-43-34)39-19-18-38-25-11-7-23(8-12-25)29(35)15-10-24-9-13-26(36-4)20-30(24)37-5/h7-13,15,20-22,27-28,31-32H,6,14,16-19H2,1-5H3/b15-10+/t21-,22-,27+,28+,31+,32-,33-,34-/m1/s1. The summed E-state index contributed by atoms with van der Waals surface area (Å²) in [6.45, 7) is 7.10. The van der Waals surface area contributed by atoms with E-state index in [0.29, 0.717) is 47.9 Å². The molecule has 4 saturated heterocycles. The second-order valence-corrected chi connectivity index (χ2v) is 12.3. The Hall–Kier alpha value is -2.95. The Morgan fingerprint density at radius 3 is 2.51 bits per heavy atom. The van der Waals surface area contributed by atoms with Gasteiger partial charge in [-0.2, -0.15) is 0 Å². The van der Waals surface area contributed by atoms with Crippen LogP contribution in [0.5, 0.6) is 17.2 Å². The van der Waals surface area contributed by atoms with Crippen LogP contribution in [-0.2, 0) is 24.0 Å². The average molecular weight is 595 g/mol. The van der Waals surface area contributed by atoms with Crippen molar-refractivity contribution in [2.45, 2.75) is 70.4 Å². The van der Waals surface area contributed by atoms with Gasteiger partial charge in [-0.25, -0.2) is 9.78 Å². The highest BCUT2D eigenvalue weighted by Gasteiger charge is 2.69. The number of hydrogen-bond donors (Lipinski definition) is 0. The summed E-state index contributed by atoms with van der Waals surface area (Å²) in [6, 6.07) is 12.5. The second-order valence-electron chi connectivity index (χ2n) is 12.3. The summed E-state index contributed by atoms with van der Waals surface area (Å²) in [4.78, 5) is 24.8. The van der Waals surface area contributed by atoms with Crippen molar-refractivity contribution in [3.05, 3.63) is 59.7 Å². The van der Waals surface area contributed by atoms with Crippen molar-refractivity contribution in [2.75, 3.05) is 27.4 Å². The maximum Gasteiger partial charge on any atom is 0.201 e. The predicted molar refractivity (Wildman–Crippen MR) is 158 cm³/mol. The van der Waals surface area contributed by atoms with Crippen LogP contribution in [0.3, 0.4) is 0 Å². The van der Waals surface area contributed by atoms with Crippen LogP contribution < -0.4 is 14.2 Å². The molecule has 0 N–H and O–H groups in total. The van der Waals surface area contributed by atoms with Gasteiger partial charge in [-0.3, -0.25) is 4.79 Å². The quantitative estimate of drug-likeness (QED) is 0.138. The molecule has 2 aromatic carbocycles. The first-order valence-electron chi connectivity index (χ1n) is 15.3. The summed E-state index contributed by atoms with van der Waals surface area (Å²) in [5.74, 6) is 2.21. The van der Waals surface area contributed by atoms with Crippen LogP contribution >= 0.6 is 0 Å². The monoisotopic (exact) mass is 594 g/mol. The molecule has 0 amide bonds. The number of ether oxygens (including phenoxy) is 6. The zero-order chi connectivity index (χ0) is 30.2. The maximum absolute atomic E-state index is 12.7. The van der Waals surface area contributed by atoms with Gasteiger partial charge < -0.3 is 28.4 Å². The molecule has 7 rings (SSSR count). The molecule has 1 spiro atoms. The Labute approximate surface area is 253 Å². The third-order valence-electron chi connectivity index (χ3n) is 9.73. The van der Waals surface area contributed by atoms with Gasteiger partial charge in [-0.15, -0.1) is 0 Å². The number of carbonyl (C=O) groups is 1. The Morgan fingerprint density at radius 1 is 0.953 bits per heavy atom. The van der Waals surface area contributed by atoms with Crippen molar-refractivity contribution in [3.8, 4) is 17.2 Å². The van der Waals surface area contributed by atoms with Crippen molar-refractivity contribution < 1.29 is 43.0 Å². The van der Waals surface area contributed by atoms with Gasteiger partial charge in [-0.05, 0) is 86.6 Å². The molecule has 2 aromatic rings. The number of rotatable bonds is 10. The van der Waals surface area contributed by atoms with Crippen LogP contribution in [0.2, 0.25) is 0 Å². The molecule has 5 fully saturated rings. The maximum atomic E-state index is 12.7. The van der Waals surface area contributed by atoms with E-state index in [-0.39, 0.29) is 17.6 Å². The number of hydrogen-bond acceptors (Lipinski definition) is 9. The molecule has 43 heavy (non-hydrogen) atoms. The van der Waals surface area contributed by atoms with Crippen LogP contribution in [0.1, 0.15) is 62.4 Å². The lowest BCUT2D eigenvalue weighted by molar-refractivity contribution is -0.577. The lowest BCUT2D eigenvalue weighted by Gasteiger charge is -2.60. The van der Waals surface area contributed by atoms with Gasteiger partial charge in [0.2, 0.25) is 5.79 Å². The molecule has 8 atom stereocenters. The van der Waals surface area contributed by atoms with Crippen molar-refractivity contribution >= 4 is 11.9 Å². The fraction of sp³-hybridized carbons (Fsp3) is 0.559. The molecule has 4 heterocycles. The number of benzene rings is 2. The van der Waals surface area contributed by atoms with Crippen LogP contribution in [0.25, 0.3) is 6.08 Å². The third-order valence-corrected chi connectivity index (χ3v) is 9.73. The first-order chi connectivity index (χ1) is 20.8. The van der Waals surface area contributed by atoms with E-state index in [1.54, 1.807) is 50.6 Å². The highest BCUT2D eigenvalue weighted by Crippen LogP contribution is 2.60. The highest BCUT2D eigenvalue weighted by molar-refractivity contribution is 6.07. The number of methoxy groups -OCH3 is 2. The molecule has 9 heteroatoms. The van der Waals surface area contributed by atoms with Gasteiger partial charge in [-0.1, -0.05) is 13.8 Å². The van der Waals surface area contributed by atoms with Gasteiger partial charge in [0.05, 0.1) is 20.8 Å². The van der Waals surface area contributed by atoms with Crippen LogP contribution in [0, 0.1) is 23.7 Å². The first-order valence-corrected chi connectivity index (χ1v) is 15.3. The largest absolute Gasteiger partial charge is 0.497 e. The molecule has 4 aliphatic heterocycles. The molecule has 9 nitrogen and oxygen atoms in total. The summed E-state index contributed by atoms with van der Waals surface area (Å²) >= 11 is 0. The lowest BCUT2D eigenvalue weighted by atomic mass is 9.58. The minimum Gasteiger partial charge on any atom is -0.497 e. The van der Waals surface area contributed by atoms with Gasteiger partial charge in [0, 0.05) is 35.4 Å². The van der Waals surface area contributed by atoms with E-state index < -0.39 is 24.0 Å². The van der Waals surface area contributed by atoms with E-state index in [4.69, 9.17) is 38.2 Å². The van der Waals surface area contributed by atoms with Crippen LogP contribution in [-0.4, -0.2) is 57.2 Å². The first kappa shape index (κ1) is 30.1. The molecule has 0 radical (unpaired) electrons. The fourth-order valence-electron chi connectivity index (χ4n) is 7.32. The molecule has 232 valence electrons. The molecule has 1 saturated carbocycles. The predicted octanol–water partition coefficient (Wildman–Crippen LogP) is 6.20. The van der Waals surface area contributed by atoms with Gasteiger partial charge in [0.1, 0.15) is 23.9 Å². The molecule has 5 aliphatic rings. The van der Waals surface area contributed by atoms with E-state index >= 15 is 0 Å². The van der Waals surface area contributed by atoms with E-state index in [1.165, 1.54) is 6.08 Å². The molecule has 0 unspecified atom stereocenters. The zero-order valence-corrected chi connectivity index (χ0v) is 25.6. The Morgan fingerprint density at radius 2 is 1.74 bits per heavy atom. The minimum atomic E-state index is -0.808. The lowest BCUT2D eigenvalue weighted by Crippen LogP contribution is -2.70. The van der Waals surface area contributed by atoms with Gasteiger partial charge in [0.25, 0.3) is 0 Å². The average Bonchev–Trinajstić information content (AvgIpc) is 3.26. The number of fused-ring (bicyclic) bond motifs is 2. The Kier molecular flexibility index (Phi) is 8.54. The van der Waals surface area contributed by atoms with Crippen LogP contribution in [0.15, 0.2) is 48.5 Å². The summed E-state index contributed by atoms with van der Waals surface area (Å²) < 4.78 is 35.7. The fourth-order valence-corrected chi connectivity index (χ4v) is 7.32. The highest BCUT2D eigenvalue weighted by atomic mass is 17.3. The van der Waals surface area contributed by atoms with Gasteiger partial charge >= 0.3 is 0 Å². The van der Waals surface area contributed by atoms with Crippen molar-refractivity contribution in [2.24, 2.45) is 23.7 Å². The molecular weight excluding hydrogens is 552 g/mol. The topological polar surface area (TPSA) is 90.9 Å². The van der Waals surface area contributed by atoms with Crippen LogP contribution in [0.4, 0.5) is 0 Å². The number of carbonyl (C=O) groups excluding carboxylic acids is 1. The minimum absolute atomic E-state index is 0.108. The second kappa shape index (κ2) is 12.2. The zero-order valence-electron chi connectivity index (χ0n) is 25.6. The van der Waals surface area contributed by atoms with Crippen molar-refractivity contribution in [1.29, 1.82) is 0 Å². The number of allylic oxidation sites excluding steroid dienone is 1. The van der Waals surface area contributed by atoms with E-state index in [1.807, 2.05) is 19.1 Å². The molecule has 1 aliphatic carbocycles. The number of ketones is 1. The van der Waals surface area contributed by atoms with E-state index in [9.17, 15) is 4.79 Å². The summed E-state index contributed by atoms with van der Waals surface area (Å²) in [5.41, 5.74) is 0.746. The molecular formula is C34H42O9. The SMILES string of the molecule is COc1ccc(/C=C/C(=O)c2ccc(OCCO[C@H]3O[C@@H]4O[C@@]5(C)CC[C@H]6[C@H](C)CC[C@@H]([C@H]3C)[C@@]46OO5)cc2)c(OC)c1. The summed E-state index contributed by atoms with van der Waals surface area (Å²) in [6.07, 6.45) is 6.25. The smallest absolute Gasteiger partial charge is 0.201 e. The summed E-state index contributed by atoms with van der Waals surface area (Å²) in [5, 5.41) is 0. The Balaban J connectivity index is 1.02. The molecule has 0 aromatic heterocycles. The summed E-state index contributed by atoms with van der Waals surface area (Å²) in [7, 11) is 3.18. The van der Waals surface area contributed by atoms with Gasteiger partial charge in [0.15, 0.2) is 24.0 Å². The van der Waals surface area contributed by atoms with Crippen molar-refractivity contribution in [1.82, 2.24) is 0 Å². The molecule has 2 bridgehead atoms. The van der Waals surface area contributed by atoms with Crippen molar-refractivity contribution in [3.63, 3.8) is 0 Å². The third kappa shape index (κ3) is 5.69. The van der Waals surface area contributed by atoms with E-state index in [2.05, 4.69) is 13.8 Å². The Bertz CT molecular complexity index is 1330. The normalized spacial score (nSPS) is 34.8.